The summed E-state index contributed by atoms with van der Waals surface area (Å²) in [5, 5.41) is 14.0. The summed E-state index contributed by atoms with van der Waals surface area (Å²) in [4.78, 5) is 1.96. The van der Waals surface area contributed by atoms with E-state index in [-0.39, 0.29) is 12.1 Å². The SMILES string of the molecule is C[C@@H](NC(=S)N(C)[C@@H](C)c1ccccc1O)c1ccccc1. The Morgan fingerprint density at radius 2 is 1.64 bits per heavy atom. The first kappa shape index (κ1) is 16.3. The summed E-state index contributed by atoms with van der Waals surface area (Å²) in [5.41, 5.74) is 2.05. The van der Waals surface area contributed by atoms with Crippen LogP contribution in [0.4, 0.5) is 0 Å². The fourth-order valence-corrected chi connectivity index (χ4v) is 2.67. The molecule has 22 heavy (non-hydrogen) atoms. The van der Waals surface area contributed by atoms with E-state index in [1.807, 2.05) is 55.3 Å². The first-order chi connectivity index (χ1) is 10.5. The van der Waals surface area contributed by atoms with Gasteiger partial charge in [-0.05, 0) is 37.7 Å². The van der Waals surface area contributed by atoms with Crippen LogP contribution in [-0.4, -0.2) is 22.2 Å². The normalized spacial score (nSPS) is 13.2. The lowest BCUT2D eigenvalue weighted by atomic mass is 10.1. The molecule has 4 heteroatoms. The van der Waals surface area contributed by atoms with Gasteiger partial charge in [0.2, 0.25) is 0 Å². The van der Waals surface area contributed by atoms with Gasteiger partial charge in [0.1, 0.15) is 5.75 Å². The standard InChI is InChI=1S/C18H22N2OS/c1-13(15-9-5-4-6-10-15)19-18(22)20(3)14(2)16-11-7-8-12-17(16)21/h4-14,21H,1-3H3,(H,19,22)/t13-,14+/m1/s1. The van der Waals surface area contributed by atoms with Crippen molar-refractivity contribution < 1.29 is 5.11 Å². The summed E-state index contributed by atoms with van der Waals surface area (Å²) < 4.78 is 0. The molecule has 116 valence electrons. The lowest BCUT2D eigenvalue weighted by molar-refractivity contribution is 0.372. The van der Waals surface area contributed by atoms with Crippen molar-refractivity contribution in [1.82, 2.24) is 10.2 Å². The van der Waals surface area contributed by atoms with Crippen LogP contribution in [0.15, 0.2) is 54.6 Å². The second-order valence-electron chi connectivity index (χ2n) is 5.43. The third-order valence-electron chi connectivity index (χ3n) is 3.93. The number of aromatic hydroxyl groups is 1. The predicted octanol–water partition coefficient (Wildman–Crippen LogP) is 4.02. The smallest absolute Gasteiger partial charge is 0.169 e. The summed E-state index contributed by atoms with van der Waals surface area (Å²) in [7, 11) is 1.93. The van der Waals surface area contributed by atoms with E-state index in [1.54, 1.807) is 6.07 Å². The molecule has 0 bridgehead atoms. The van der Waals surface area contributed by atoms with Crippen LogP contribution in [0, 0.1) is 0 Å². The molecule has 0 saturated carbocycles. The van der Waals surface area contributed by atoms with Gasteiger partial charge in [0, 0.05) is 12.6 Å². The Morgan fingerprint density at radius 1 is 1.05 bits per heavy atom. The highest BCUT2D eigenvalue weighted by Crippen LogP contribution is 2.27. The minimum atomic E-state index is -0.0100. The van der Waals surface area contributed by atoms with E-state index < -0.39 is 0 Å². The van der Waals surface area contributed by atoms with Gasteiger partial charge in [-0.2, -0.15) is 0 Å². The fraction of sp³-hybridized carbons (Fsp3) is 0.278. The minimum absolute atomic E-state index is 0.0100. The van der Waals surface area contributed by atoms with Gasteiger partial charge in [-0.1, -0.05) is 48.5 Å². The van der Waals surface area contributed by atoms with Crippen LogP contribution in [0.1, 0.15) is 37.1 Å². The van der Waals surface area contributed by atoms with E-state index in [1.165, 1.54) is 5.56 Å². The Hall–Kier alpha value is -2.07. The summed E-state index contributed by atoms with van der Waals surface area (Å²) in [6.07, 6.45) is 0. The van der Waals surface area contributed by atoms with Crippen LogP contribution in [0.25, 0.3) is 0 Å². The topological polar surface area (TPSA) is 35.5 Å². The highest BCUT2D eigenvalue weighted by Gasteiger charge is 2.18. The number of rotatable bonds is 4. The average molecular weight is 314 g/mol. The second kappa shape index (κ2) is 7.27. The van der Waals surface area contributed by atoms with Crippen LogP contribution in [-0.2, 0) is 0 Å². The molecule has 0 spiro atoms. The lowest BCUT2D eigenvalue weighted by Gasteiger charge is -2.30. The van der Waals surface area contributed by atoms with E-state index in [9.17, 15) is 5.11 Å². The predicted molar refractivity (Wildman–Crippen MR) is 94.9 cm³/mol. The van der Waals surface area contributed by atoms with Crippen molar-refractivity contribution in [3.8, 4) is 5.75 Å². The van der Waals surface area contributed by atoms with Crippen molar-refractivity contribution in [2.45, 2.75) is 25.9 Å². The maximum absolute atomic E-state index is 9.98. The number of nitrogens with one attached hydrogen (secondary N) is 1. The van der Waals surface area contributed by atoms with Gasteiger partial charge in [0.05, 0.1) is 12.1 Å². The molecule has 0 fully saturated rings. The van der Waals surface area contributed by atoms with Crippen LogP contribution in [0.3, 0.4) is 0 Å². The van der Waals surface area contributed by atoms with Gasteiger partial charge in [0.15, 0.2) is 5.11 Å². The Balaban J connectivity index is 2.04. The minimum Gasteiger partial charge on any atom is -0.508 e. The first-order valence-corrected chi connectivity index (χ1v) is 7.77. The van der Waals surface area contributed by atoms with E-state index in [0.29, 0.717) is 10.9 Å². The molecule has 0 unspecified atom stereocenters. The molecule has 0 heterocycles. The zero-order chi connectivity index (χ0) is 16.1. The van der Waals surface area contributed by atoms with Gasteiger partial charge in [-0.3, -0.25) is 0 Å². The summed E-state index contributed by atoms with van der Waals surface area (Å²) >= 11 is 5.51. The van der Waals surface area contributed by atoms with Crippen LogP contribution < -0.4 is 5.32 Å². The molecule has 2 rings (SSSR count). The van der Waals surface area contributed by atoms with Crippen LogP contribution in [0.2, 0.25) is 0 Å². The van der Waals surface area contributed by atoms with E-state index >= 15 is 0 Å². The number of benzene rings is 2. The van der Waals surface area contributed by atoms with Gasteiger partial charge in [0.25, 0.3) is 0 Å². The second-order valence-corrected chi connectivity index (χ2v) is 5.81. The molecule has 0 saturated heterocycles. The van der Waals surface area contributed by atoms with Crippen molar-refractivity contribution >= 4 is 17.3 Å². The van der Waals surface area contributed by atoms with E-state index in [0.717, 1.165) is 5.56 Å². The van der Waals surface area contributed by atoms with E-state index in [4.69, 9.17) is 12.2 Å². The molecule has 3 nitrogen and oxygen atoms in total. The molecule has 2 aromatic rings. The lowest BCUT2D eigenvalue weighted by Crippen LogP contribution is -2.39. The van der Waals surface area contributed by atoms with Gasteiger partial charge >= 0.3 is 0 Å². The van der Waals surface area contributed by atoms with E-state index in [2.05, 4.69) is 24.4 Å². The Kier molecular flexibility index (Phi) is 5.39. The fourth-order valence-electron chi connectivity index (χ4n) is 2.34. The molecule has 0 aliphatic carbocycles. The number of thiocarbonyl (C=S) groups is 1. The summed E-state index contributed by atoms with van der Waals surface area (Å²) in [6.45, 7) is 4.11. The molecule has 0 aromatic heterocycles. The molecule has 0 aliphatic rings. The van der Waals surface area contributed by atoms with Gasteiger partial charge < -0.3 is 15.3 Å². The molecular formula is C18H22N2OS. The highest BCUT2D eigenvalue weighted by atomic mass is 32.1. The number of nitrogens with zero attached hydrogens (tertiary/aromatic N) is 1. The van der Waals surface area contributed by atoms with Gasteiger partial charge in [-0.25, -0.2) is 0 Å². The van der Waals surface area contributed by atoms with Crippen molar-refractivity contribution in [1.29, 1.82) is 0 Å². The number of para-hydroxylation sites is 1. The van der Waals surface area contributed by atoms with Gasteiger partial charge in [-0.15, -0.1) is 0 Å². The maximum atomic E-state index is 9.98. The van der Waals surface area contributed by atoms with Crippen molar-refractivity contribution in [2.75, 3.05) is 7.05 Å². The Bertz CT molecular complexity index is 630. The van der Waals surface area contributed by atoms with Crippen LogP contribution in [0.5, 0.6) is 5.75 Å². The monoisotopic (exact) mass is 314 g/mol. The molecule has 0 amide bonds. The molecule has 2 N–H and O–H groups in total. The molecule has 2 atom stereocenters. The van der Waals surface area contributed by atoms with Crippen molar-refractivity contribution in [3.63, 3.8) is 0 Å². The quantitative estimate of drug-likeness (QED) is 0.836. The third kappa shape index (κ3) is 3.77. The van der Waals surface area contributed by atoms with Crippen molar-refractivity contribution in [3.05, 3.63) is 65.7 Å². The van der Waals surface area contributed by atoms with Crippen LogP contribution >= 0.6 is 12.2 Å². The van der Waals surface area contributed by atoms with Crippen molar-refractivity contribution in [2.24, 2.45) is 0 Å². The largest absolute Gasteiger partial charge is 0.508 e. The average Bonchev–Trinajstić information content (AvgIpc) is 2.54. The summed E-state index contributed by atoms with van der Waals surface area (Å²) in [6, 6.07) is 17.7. The molecule has 0 radical (unpaired) electrons. The number of phenolic OH excluding ortho intramolecular Hbond substituents is 1. The third-order valence-corrected chi connectivity index (χ3v) is 4.33. The highest BCUT2D eigenvalue weighted by molar-refractivity contribution is 7.80. The Morgan fingerprint density at radius 3 is 2.27 bits per heavy atom. The zero-order valence-corrected chi connectivity index (χ0v) is 14.0. The zero-order valence-electron chi connectivity index (χ0n) is 13.2. The molecule has 0 aliphatic heterocycles. The first-order valence-electron chi connectivity index (χ1n) is 7.37. The maximum Gasteiger partial charge on any atom is 0.169 e. The Labute approximate surface area is 137 Å². The number of hydrogen-bond donors (Lipinski definition) is 2. The summed E-state index contributed by atoms with van der Waals surface area (Å²) in [5.74, 6) is 0.292. The molecular weight excluding hydrogens is 292 g/mol. The number of phenols is 1. The number of hydrogen-bond acceptors (Lipinski definition) is 2. The molecule has 2 aromatic carbocycles.